The van der Waals surface area contributed by atoms with Crippen LogP contribution >= 0.6 is 11.8 Å². The molecule has 0 saturated carbocycles. The molecule has 3 atom stereocenters. The quantitative estimate of drug-likeness (QED) is 0.799. The third-order valence-electron chi connectivity index (χ3n) is 2.30. The highest BCUT2D eigenvalue weighted by Crippen LogP contribution is 2.27. The minimum Gasteiger partial charge on any atom is -0.382 e. The molecule has 2 nitrogen and oxygen atoms in total. The molecule has 0 spiro atoms. The molecule has 1 heterocycles. The Kier molecular flexibility index (Phi) is 4.31. The van der Waals surface area contributed by atoms with Crippen molar-refractivity contribution < 1.29 is 18.3 Å². The fourth-order valence-electron chi connectivity index (χ4n) is 1.78. The minimum absolute atomic E-state index is 0.307. The van der Waals surface area contributed by atoms with Crippen LogP contribution in [0.25, 0.3) is 0 Å². The molecule has 15 heavy (non-hydrogen) atoms. The van der Waals surface area contributed by atoms with Gasteiger partial charge in [0.2, 0.25) is 0 Å². The monoisotopic (exact) mass is 243 g/mol. The Hall–Kier alpha value is 0.0600. The highest BCUT2D eigenvalue weighted by Gasteiger charge is 2.40. The predicted octanol–water partition coefficient (Wildman–Crippen LogP) is 1.74. The Labute approximate surface area is 91.8 Å². The van der Waals surface area contributed by atoms with Crippen molar-refractivity contribution in [1.82, 2.24) is 4.90 Å². The SMILES string of the molecule is CC1CN(CC(O)C(F)(F)F)CC(C)S1. The summed E-state index contributed by atoms with van der Waals surface area (Å²) in [6, 6.07) is 0. The predicted molar refractivity (Wildman–Crippen MR) is 55.0 cm³/mol. The number of alkyl halides is 3. The van der Waals surface area contributed by atoms with Crippen LogP contribution < -0.4 is 0 Å². The minimum atomic E-state index is -4.50. The van der Waals surface area contributed by atoms with Crippen LogP contribution in [0.4, 0.5) is 13.2 Å². The van der Waals surface area contributed by atoms with Crippen LogP contribution in [0.5, 0.6) is 0 Å². The molecule has 1 saturated heterocycles. The van der Waals surface area contributed by atoms with Gasteiger partial charge >= 0.3 is 6.18 Å². The second kappa shape index (κ2) is 4.93. The second-order valence-corrected chi connectivity index (χ2v) is 5.91. The van der Waals surface area contributed by atoms with Gasteiger partial charge in [-0.1, -0.05) is 13.8 Å². The van der Waals surface area contributed by atoms with Gasteiger partial charge in [-0.25, -0.2) is 0 Å². The third kappa shape index (κ3) is 4.20. The first-order valence-electron chi connectivity index (χ1n) is 4.91. The Morgan fingerprint density at radius 2 is 1.80 bits per heavy atom. The normalized spacial score (nSPS) is 31.6. The van der Waals surface area contributed by atoms with Crippen LogP contribution in [0.2, 0.25) is 0 Å². The number of β-amino-alcohol motifs (C(OH)–C–C–N with tert-alkyl or cyclic N) is 1. The molecule has 1 aliphatic rings. The molecule has 1 fully saturated rings. The smallest absolute Gasteiger partial charge is 0.382 e. The molecule has 0 aromatic carbocycles. The Morgan fingerprint density at radius 1 is 1.33 bits per heavy atom. The third-order valence-corrected chi connectivity index (χ3v) is 3.53. The molecule has 90 valence electrons. The molecule has 1 N–H and O–H groups in total. The van der Waals surface area contributed by atoms with Crippen LogP contribution in [0, 0.1) is 0 Å². The van der Waals surface area contributed by atoms with E-state index in [1.807, 2.05) is 13.8 Å². The summed E-state index contributed by atoms with van der Waals surface area (Å²) >= 11 is 1.77. The molecule has 0 aromatic heterocycles. The first-order valence-corrected chi connectivity index (χ1v) is 5.86. The van der Waals surface area contributed by atoms with E-state index in [-0.39, 0.29) is 6.54 Å². The lowest BCUT2D eigenvalue weighted by Crippen LogP contribution is -2.47. The maximum absolute atomic E-state index is 12.1. The Morgan fingerprint density at radius 3 is 2.20 bits per heavy atom. The van der Waals surface area contributed by atoms with Crippen LogP contribution in [0.15, 0.2) is 0 Å². The van der Waals surface area contributed by atoms with Gasteiger partial charge in [-0.3, -0.25) is 4.90 Å². The van der Waals surface area contributed by atoms with Gasteiger partial charge in [0.05, 0.1) is 0 Å². The summed E-state index contributed by atoms with van der Waals surface area (Å²) in [5.41, 5.74) is 0. The van der Waals surface area contributed by atoms with E-state index in [9.17, 15) is 13.2 Å². The molecule has 6 heteroatoms. The van der Waals surface area contributed by atoms with Crippen LogP contribution in [0.1, 0.15) is 13.8 Å². The van der Waals surface area contributed by atoms with Gasteiger partial charge in [-0.05, 0) is 0 Å². The molecule has 1 aliphatic heterocycles. The molecular weight excluding hydrogens is 227 g/mol. The van der Waals surface area contributed by atoms with Crippen molar-refractivity contribution >= 4 is 11.8 Å². The summed E-state index contributed by atoms with van der Waals surface area (Å²) in [5.74, 6) is 0. The van der Waals surface area contributed by atoms with Crippen LogP contribution in [-0.4, -0.2) is 52.4 Å². The zero-order chi connectivity index (χ0) is 11.6. The summed E-state index contributed by atoms with van der Waals surface area (Å²) in [4.78, 5) is 1.68. The average molecular weight is 243 g/mol. The van der Waals surface area contributed by atoms with Gasteiger partial charge in [0.1, 0.15) is 0 Å². The number of thioether (sulfide) groups is 1. The molecule has 1 rings (SSSR count). The van der Waals surface area contributed by atoms with Crippen molar-refractivity contribution in [2.75, 3.05) is 19.6 Å². The molecule has 3 unspecified atom stereocenters. The van der Waals surface area contributed by atoms with Gasteiger partial charge < -0.3 is 5.11 Å². The first-order chi connectivity index (χ1) is 6.79. The highest BCUT2D eigenvalue weighted by atomic mass is 32.2. The van der Waals surface area contributed by atoms with E-state index in [0.717, 1.165) is 0 Å². The maximum atomic E-state index is 12.1. The number of aliphatic hydroxyl groups is 1. The summed E-state index contributed by atoms with van der Waals surface area (Å²) in [5, 5.41) is 9.59. The van der Waals surface area contributed by atoms with Crippen LogP contribution in [0.3, 0.4) is 0 Å². The molecule has 0 amide bonds. The molecular formula is C9H16F3NOS. The fourth-order valence-corrected chi connectivity index (χ4v) is 3.17. The Balaban J connectivity index is 2.44. The van der Waals surface area contributed by atoms with E-state index >= 15 is 0 Å². The number of aliphatic hydroxyl groups excluding tert-OH is 1. The van der Waals surface area contributed by atoms with E-state index < -0.39 is 12.3 Å². The van der Waals surface area contributed by atoms with Gasteiger partial charge in [-0.15, -0.1) is 0 Å². The lowest BCUT2D eigenvalue weighted by atomic mass is 10.2. The van der Waals surface area contributed by atoms with Gasteiger partial charge in [0, 0.05) is 30.1 Å². The largest absolute Gasteiger partial charge is 0.415 e. The summed E-state index contributed by atoms with van der Waals surface area (Å²) in [7, 11) is 0. The zero-order valence-corrected chi connectivity index (χ0v) is 9.61. The maximum Gasteiger partial charge on any atom is 0.415 e. The van der Waals surface area contributed by atoms with Gasteiger partial charge in [-0.2, -0.15) is 24.9 Å². The standard InChI is InChI=1S/C9H16F3NOS/c1-6-3-13(4-7(2)15-6)5-8(14)9(10,11)12/h6-8,14H,3-5H2,1-2H3. The molecule has 0 aromatic rings. The number of nitrogens with zero attached hydrogens (tertiary/aromatic N) is 1. The number of hydrogen-bond acceptors (Lipinski definition) is 3. The van der Waals surface area contributed by atoms with Crippen molar-refractivity contribution in [1.29, 1.82) is 0 Å². The molecule has 0 bridgehead atoms. The second-order valence-electron chi connectivity index (χ2n) is 4.03. The van der Waals surface area contributed by atoms with Gasteiger partial charge in [0.25, 0.3) is 0 Å². The van der Waals surface area contributed by atoms with Crippen molar-refractivity contribution in [3.05, 3.63) is 0 Å². The summed E-state index contributed by atoms with van der Waals surface area (Å²) in [6.07, 6.45) is -6.73. The van der Waals surface area contributed by atoms with Crippen molar-refractivity contribution in [3.8, 4) is 0 Å². The van der Waals surface area contributed by atoms with Crippen molar-refractivity contribution in [3.63, 3.8) is 0 Å². The Bertz CT molecular complexity index is 202. The van der Waals surface area contributed by atoms with Crippen LogP contribution in [-0.2, 0) is 0 Å². The summed E-state index contributed by atoms with van der Waals surface area (Å²) < 4.78 is 36.3. The topological polar surface area (TPSA) is 23.5 Å². The van der Waals surface area contributed by atoms with Crippen molar-refractivity contribution in [2.24, 2.45) is 0 Å². The lowest BCUT2D eigenvalue weighted by molar-refractivity contribution is -0.208. The number of hydrogen-bond donors (Lipinski definition) is 1. The first kappa shape index (κ1) is 13.1. The van der Waals surface area contributed by atoms with Gasteiger partial charge in [0.15, 0.2) is 6.10 Å². The van der Waals surface area contributed by atoms with E-state index in [0.29, 0.717) is 23.6 Å². The van der Waals surface area contributed by atoms with E-state index in [1.54, 1.807) is 16.7 Å². The molecule has 0 aliphatic carbocycles. The average Bonchev–Trinajstić information content (AvgIpc) is 1.99. The highest BCUT2D eigenvalue weighted by molar-refractivity contribution is 8.00. The van der Waals surface area contributed by atoms with Crippen molar-refractivity contribution in [2.45, 2.75) is 36.6 Å². The fraction of sp³-hybridized carbons (Fsp3) is 1.00. The number of halogens is 3. The molecule has 0 radical (unpaired) electrons. The summed E-state index contributed by atoms with van der Waals surface area (Å²) in [6.45, 7) is 4.91. The van der Waals surface area contributed by atoms with E-state index in [2.05, 4.69) is 0 Å². The zero-order valence-electron chi connectivity index (χ0n) is 8.79. The number of rotatable bonds is 2. The van der Waals surface area contributed by atoms with E-state index in [4.69, 9.17) is 5.11 Å². The van der Waals surface area contributed by atoms with E-state index in [1.165, 1.54) is 0 Å². The lowest BCUT2D eigenvalue weighted by Gasteiger charge is -2.35.